The smallest absolute Gasteiger partial charge is 0.335 e. The molecule has 0 atom stereocenters. The second kappa shape index (κ2) is 5.40. The number of Topliss-reactive ketones (excluding diaryl/α,β-unsaturated/α-hetero) is 1. The van der Waals surface area contributed by atoms with Gasteiger partial charge in [0, 0.05) is 6.42 Å². The summed E-state index contributed by atoms with van der Waals surface area (Å²) in [5.41, 5.74) is 0.959. The maximum atomic E-state index is 12.3. The van der Waals surface area contributed by atoms with Gasteiger partial charge in [0.05, 0.1) is 11.1 Å². The Morgan fingerprint density at radius 3 is 2.45 bits per heavy atom. The van der Waals surface area contributed by atoms with Crippen molar-refractivity contribution in [3.05, 3.63) is 53.1 Å². The van der Waals surface area contributed by atoms with Gasteiger partial charge in [-0.1, -0.05) is 12.1 Å². The molecule has 2 N–H and O–H groups in total. The quantitative estimate of drug-likeness (QED) is 0.841. The summed E-state index contributed by atoms with van der Waals surface area (Å²) in [5, 5.41) is 18.9. The number of carboxylic acid groups (broad SMARTS) is 1. The standard InChI is InChI=1S/C16H12O6/c17-12(7-9-1-3-10(4-2-9)16(19)20)11-5-6-13-15(14(11)18)22-8-21-13/h1-6,18H,7-8H2,(H,19,20). The van der Waals surface area contributed by atoms with Crippen LogP contribution in [-0.4, -0.2) is 28.8 Å². The number of aromatic hydroxyl groups is 1. The molecule has 0 amide bonds. The third-order valence-electron chi connectivity index (χ3n) is 3.38. The molecule has 6 heteroatoms. The van der Waals surface area contributed by atoms with Crippen molar-refractivity contribution in [2.24, 2.45) is 0 Å². The van der Waals surface area contributed by atoms with Crippen molar-refractivity contribution < 1.29 is 29.3 Å². The second-order valence-corrected chi connectivity index (χ2v) is 4.80. The SMILES string of the molecule is O=C(O)c1ccc(CC(=O)c2ccc3c(c2O)OCO3)cc1. The summed E-state index contributed by atoms with van der Waals surface area (Å²) >= 11 is 0. The first-order valence-corrected chi connectivity index (χ1v) is 6.53. The first-order chi connectivity index (χ1) is 10.6. The van der Waals surface area contributed by atoms with E-state index in [9.17, 15) is 14.7 Å². The molecule has 0 aromatic heterocycles. The van der Waals surface area contributed by atoms with Crippen LogP contribution in [-0.2, 0) is 6.42 Å². The van der Waals surface area contributed by atoms with Gasteiger partial charge >= 0.3 is 5.97 Å². The highest BCUT2D eigenvalue weighted by Crippen LogP contribution is 2.42. The number of benzene rings is 2. The Hall–Kier alpha value is -3.02. The van der Waals surface area contributed by atoms with Crippen molar-refractivity contribution >= 4 is 11.8 Å². The third-order valence-corrected chi connectivity index (χ3v) is 3.38. The molecule has 0 spiro atoms. The van der Waals surface area contributed by atoms with E-state index in [1.807, 2.05) is 0 Å². The van der Waals surface area contributed by atoms with Crippen molar-refractivity contribution in [2.45, 2.75) is 6.42 Å². The summed E-state index contributed by atoms with van der Waals surface area (Å²) in [7, 11) is 0. The monoisotopic (exact) mass is 300 g/mol. The molecule has 2 aromatic rings. The molecule has 0 fully saturated rings. The maximum Gasteiger partial charge on any atom is 0.335 e. The summed E-state index contributed by atoms with van der Waals surface area (Å²) < 4.78 is 10.2. The van der Waals surface area contributed by atoms with E-state index in [4.69, 9.17) is 14.6 Å². The molecule has 1 aliphatic heterocycles. The molecule has 0 unspecified atom stereocenters. The van der Waals surface area contributed by atoms with Gasteiger partial charge in [-0.15, -0.1) is 0 Å². The van der Waals surface area contributed by atoms with Gasteiger partial charge in [0.15, 0.2) is 17.3 Å². The summed E-state index contributed by atoms with van der Waals surface area (Å²) in [6.07, 6.45) is 0.0487. The molecule has 3 rings (SSSR count). The number of carbonyl (C=O) groups excluding carboxylic acids is 1. The number of carboxylic acids is 1. The van der Waals surface area contributed by atoms with Gasteiger partial charge in [0.1, 0.15) is 0 Å². The van der Waals surface area contributed by atoms with Crippen LogP contribution in [0.5, 0.6) is 17.2 Å². The topological polar surface area (TPSA) is 93.1 Å². The number of hydrogen-bond acceptors (Lipinski definition) is 5. The molecule has 22 heavy (non-hydrogen) atoms. The van der Waals surface area contributed by atoms with Gasteiger partial charge < -0.3 is 19.7 Å². The lowest BCUT2D eigenvalue weighted by Gasteiger charge is -2.07. The van der Waals surface area contributed by atoms with Crippen molar-refractivity contribution in [1.82, 2.24) is 0 Å². The van der Waals surface area contributed by atoms with Gasteiger partial charge in [0.2, 0.25) is 12.5 Å². The summed E-state index contributed by atoms with van der Waals surface area (Å²) in [4.78, 5) is 23.1. The second-order valence-electron chi connectivity index (χ2n) is 4.80. The molecule has 2 aromatic carbocycles. The number of carbonyl (C=O) groups is 2. The minimum atomic E-state index is -1.02. The van der Waals surface area contributed by atoms with Gasteiger partial charge in [-0.05, 0) is 29.8 Å². The Labute approximate surface area is 125 Å². The Bertz CT molecular complexity index is 748. The summed E-state index contributed by atoms with van der Waals surface area (Å²) in [5.74, 6) is -0.973. The van der Waals surface area contributed by atoms with E-state index in [2.05, 4.69) is 0 Å². The van der Waals surface area contributed by atoms with Crippen LogP contribution >= 0.6 is 0 Å². The van der Waals surface area contributed by atoms with E-state index >= 15 is 0 Å². The first-order valence-electron chi connectivity index (χ1n) is 6.53. The van der Waals surface area contributed by atoms with Crippen LogP contribution in [0.2, 0.25) is 0 Å². The summed E-state index contributed by atoms with van der Waals surface area (Å²) in [6, 6.07) is 9.07. The highest BCUT2D eigenvalue weighted by atomic mass is 16.7. The number of fused-ring (bicyclic) bond motifs is 1. The molecular formula is C16H12O6. The lowest BCUT2D eigenvalue weighted by molar-refractivity contribution is 0.0696. The molecule has 6 nitrogen and oxygen atoms in total. The number of aromatic carboxylic acids is 1. The third kappa shape index (κ3) is 2.46. The van der Waals surface area contributed by atoms with Gasteiger partial charge in [-0.25, -0.2) is 4.79 Å². The Kier molecular flexibility index (Phi) is 3.42. The molecule has 1 aliphatic rings. The number of hydrogen-bond donors (Lipinski definition) is 2. The van der Waals surface area contributed by atoms with Crippen LogP contribution < -0.4 is 9.47 Å². The van der Waals surface area contributed by atoms with Crippen molar-refractivity contribution in [3.63, 3.8) is 0 Å². The molecule has 1 heterocycles. The fourth-order valence-electron chi connectivity index (χ4n) is 2.23. The van der Waals surface area contributed by atoms with E-state index in [0.717, 1.165) is 0 Å². The molecule has 0 saturated carbocycles. The predicted molar refractivity (Wildman–Crippen MR) is 75.7 cm³/mol. The highest BCUT2D eigenvalue weighted by molar-refractivity contribution is 6.01. The lowest BCUT2D eigenvalue weighted by atomic mass is 10.0. The zero-order valence-corrected chi connectivity index (χ0v) is 11.4. The van der Waals surface area contributed by atoms with Crippen LogP contribution in [0.1, 0.15) is 26.3 Å². The fourth-order valence-corrected chi connectivity index (χ4v) is 2.23. The predicted octanol–water partition coefficient (Wildman–Crippen LogP) is 2.24. The van der Waals surface area contributed by atoms with E-state index in [0.29, 0.717) is 11.3 Å². The van der Waals surface area contributed by atoms with Crippen LogP contribution in [0, 0.1) is 0 Å². The van der Waals surface area contributed by atoms with Crippen molar-refractivity contribution in [3.8, 4) is 17.2 Å². The molecule has 112 valence electrons. The van der Waals surface area contributed by atoms with E-state index in [1.165, 1.54) is 18.2 Å². The average Bonchev–Trinajstić information content (AvgIpc) is 2.97. The minimum absolute atomic E-state index is 0.0111. The Morgan fingerprint density at radius 1 is 1.05 bits per heavy atom. The van der Waals surface area contributed by atoms with Crippen LogP contribution in [0.25, 0.3) is 0 Å². The molecule has 0 bridgehead atoms. The molecule has 0 aliphatic carbocycles. The van der Waals surface area contributed by atoms with Gasteiger partial charge in [-0.2, -0.15) is 0 Å². The van der Waals surface area contributed by atoms with E-state index in [-0.39, 0.29) is 41.6 Å². The summed E-state index contributed by atoms with van der Waals surface area (Å²) in [6.45, 7) is 0.0111. The largest absolute Gasteiger partial charge is 0.504 e. The van der Waals surface area contributed by atoms with E-state index in [1.54, 1.807) is 18.2 Å². The normalized spacial score (nSPS) is 12.2. The fraction of sp³-hybridized carbons (Fsp3) is 0.125. The number of ether oxygens (including phenoxy) is 2. The van der Waals surface area contributed by atoms with Crippen molar-refractivity contribution in [1.29, 1.82) is 0 Å². The minimum Gasteiger partial charge on any atom is -0.504 e. The van der Waals surface area contributed by atoms with Gasteiger partial charge in [0.25, 0.3) is 0 Å². The lowest BCUT2D eigenvalue weighted by Crippen LogP contribution is -2.05. The first kappa shape index (κ1) is 13.9. The van der Waals surface area contributed by atoms with Gasteiger partial charge in [-0.3, -0.25) is 4.79 Å². The van der Waals surface area contributed by atoms with Crippen LogP contribution in [0.4, 0.5) is 0 Å². The van der Waals surface area contributed by atoms with E-state index < -0.39 is 5.97 Å². The van der Waals surface area contributed by atoms with Crippen LogP contribution in [0.15, 0.2) is 36.4 Å². The maximum absolute atomic E-state index is 12.3. The number of phenols is 1. The average molecular weight is 300 g/mol. The highest BCUT2D eigenvalue weighted by Gasteiger charge is 2.23. The van der Waals surface area contributed by atoms with Crippen LogP contribution in [0.3, 0.4) is 0 Å². The number of ketones is 1. The number of rotatable bonds is 4. The van der Waals surface area contributed by atoms with Crippen molar-refractivity contribution in [2.75, 3.05) is 6.79 Å². The Morgan fingerprint density at radius 2 is 1.77 bits per heavy atom. The zero-order chi connectivity index (χ0) is 15.7. The number of phenolic OH excluding ortho intramolecular Hbond substituents is 1. The molecular weight excluding hydrogens is 288 g/mol. The zero-order valence-electron chi connectivity index (χ0n) is 11.4. The molecule has 0 radical (unpaired) electrons. The molecule has 0 saturated heterocycles. The Balaban J connectivity index is 1.81.